The number of amides is 1. The van der Waals surface area contributed by atoms with Crippen LogP contribution < -0.4 is 5.73 Å². The van der Waals surface area contributed by atoms with Crippen LogP contribution in [0.2, 0.25) is 0 Å². The highest BCUT2D eigenvalue weighted by Crippen LogP contribution is 2.11. The van der Waals surface area contributed by atoms with Gasteiger partial charge >= 0.3 is 0 Å². The maximum absolute atomic E-state index is 12.4. The van der Waals surface area contributed by atoms with E-state index in [1.165, 1.54) is 0 Å². The number of aromatic nitrogens is 2. The largest absolute Gasteiger partial charge is 0.382 e. The summed E-state index contributed by atoms with van der Waals surface area (Å²) in [6.45, 7) is 10.2. The zero-order valence-electron chi connectivity index (χ0n) is 12.4. The van der Waals surface area contributed by atoms with Gasteiger partial charge in [0.25, 0.3) is 5.91 Å². The van der Waals surface area contributed by atoms with Crippen molar-refractivity contribution in [3.63, 3.8) is 0 Å². The number of H-pyrrole nitrogens is 1. The van der Waals surface area contributed by atoms with E-state index in [4.69, 9.17) is 5.73 Å². The molecular formula is C14H26N4O. The molecule has 1 amide bonds. The second-order valence-electron chi connectivity index (χ2n) is 5.86. The Morgan fingerprint density at radius 2 is 1.79 bits per heavy atom. The van der Waals surface area contributed by atoms with E-state index in [0.717, 1.165) is 25.9 Å². The minimum absolute atomic E-state index is 0.00880. The van der Waals surface area contributed by atoms with Crippen molar-refractivity contribution >= 4 is 11.7 Å². The van der Waals surface area contributed by atoms with Crippen LogP contribution in [-0.4, -0.2) is 34.1 Å². The number of nitrogens with one attached hydrogen (secondary N) is 1. The van der Waals surface area contributed by atoms with Gasteiger partial charge in [-0.3, -0.25) is 9.89 Å². The third-order valence-electron chi connectivity index (χ3n) is 3.07. The van der Waals surface area contributed by atoms with Crippen molar-refractivity contribution in [3.05, 3.63) is 11.8 Å². The lowest BCUT2D eigenvalue weighted by atomic mass is 10.1. The molecule has 19 heavy (non-hydrogen) atoms. The number of nitrogen functional groups attached to an aromatic ring is 1. The van der Waals surface area contributed by atoms with Gasteiger partial charge in [-0.2, -0.15) is 5.10 Å². The first-order valence-corrected chi connectivity index (χ1v) is 7.00. The Bertz CT molecular complexity index is 386. The summed E-state index contributed by atoms with van der Waals surface area (Å²) in [5.41, 5.74) is 6.02. The van der Waals surface area contributed by atoms with Gasteiger partial charge in [-0.25, -0.2) is 0 Å². The van der Waals surface area contributed by atoms with Gasteiger partial charge in [-0.15, -0.1) is 0 Å². The van der Waals surface area contributed by atoms with Crippen LogP contribution in [0.25, 0.3) is 0 Å². The normalized spacial score (nSPS) is 11.3. The lowest BCUT2D eigenvalue weighted by Gasteiger charge is -2.23. The summed E-state index contributed by atoms with van der Waals surface area (Å²) >= 11 is 0. The van der Waals surface area contributed by atoms with Gasteiger partial charge in [0.2, 0.25) is 0 Å². The van der Waals surface area contributed by atoms with Crippen LogP contribution in [-0.2, 0) is 0 Å². The fourth-order valence-electron chi connectivity index (χ4n) is 1.76. The number of rotatable bonds is 7. The van der Waals surface area contributed by atoms with Crippen molar-refractivity contribution in [2.45, 2.75) is 40.5 Å². The number of aromatic amines is 1. The van der Waals surface area contributed by atoms with Crippen molar-refractivity contribution in [3.8, 4) is 0 Å². The average Bonchev–Trinajstić information content (AvgIpc) is 2.74. The molecule has 0 aliphatic carbocycles. The molecule has 5 nitrogen and oxygen atoms in total. The number of carbonyl (C=O) groups is 1. The number of hydrogen-bond donors (Lipinski definition) is 2. The third-order valence-corrected chi connectivity index (χ3v) is 3.07. The molecule has 108 valence electrons. The van der Waals surface area contributed by atoms with Crippen molar-refractivity contribution in [1.82, 2.24) is 15.1 Å². The summed E-state index contributed by atoms with van der Waals surface area (Å²) in [4.78, 5) is 14.3. The van der Waals surface area contributed by atoms with Crippen LogP contribution in [0, 0.1) is 11.8 Å². The molecule has 0 aliphatic heterocycles. The molecular weight excluding hydrogens is 240 g/mol. The molecule has 1 rings (SSSR count). The smallest absolute Gasteiger partial charge is 0.271 e. The first-order chi connectivity index (χ1) is 8.90. The minimum Gasteiger partial charge on any atom is -0.382 e. The summed E-state index contributed by atoms with van der Waals surface area (Å²) in [5.74, 6) is 1.52. The van der Waals surface area contributed by atoms with E-state index in [2.05, 4.69) is 37.9 Å². The highest BCUT2D eigenvalue weighted by molar-refractivity contribution is 5.92. The maximum Gasteiger partial charge on any atom is 0.271 e. The van der Waals surface area contributed by atoms with Gasteiger partial charge in [-0.1, -0.05) is 27.7 Å². The number of nitrogens with zero attached hydrogens (tertiary/aromatic N) is 2. The van der Waals surface area contributed by atoms with Gasteiger partial charge in [0.1, 0.15) is 11.5 Å². The van der Waals surface area contributed by atoms with Gasteiger partial charge in [0, 0.05) is 19.2 Å². The van der Waals surface area contributed by atoms with E-state index in [1.807, 2.05) is 4.90 Å². The SMILES string of the molecule is CC(C)CCN(CCC(C)C)C(=O)c1cc(N)n[nH]1. The van der Waals surface area contributed by atoms with Crippen LogP contribution >= 0.6 is 0 Å². The van der Waals surface area contributed by atoms with E-state index >= 15 is 0 Å². The Balaban J connectivity index is 2.68. The molecule has 0 aliphatic rings. The molecule has 0 saturated carbocycles. The molecule has 0 fully saturated rings. The Hall–Kier alpha value is -1.52. The molecule has 1 aromatic heterocycles. The lowest BCUT2D eigenvalue weighted by Crippen LogP contribution is -2.34. The first kappa shape index (κ1) is 15.5. The van der Waals surface area contributed by atoms with Crippen LogP contribution in [0.15, 0.2) is 6.07 Å². The monoisotopic (exact) mass is 266 g/mol. The fourth-order valence-corrected chi connectivity index (χ4v) is 1.76. The molecule has 5 heteroatoms. The predicted octanol–water partition coefficient (Wildman–Crippen LogP) is 2.53. The second-order valence-corrected chi connectivity index (χ2v) is 5.86. The average molecular weight is 266 g/mol. The van der Waals surface area contributed by atoms with Crippen molar-refractivity contribution in [2.75, 3.05) is 18.8 Å². The predicted molar refractivity (Wildman–Crippen MR) is 77.8 cm³/mol. The van der Waals surface area contributed by atoms with Crippen molar-refractivity contribution in [1.29, 1.82) is 0 Å². The molecule has 0 aromatic carbocycles. The molecule has 0 bridgehead atoms. The summed E-state index contributed by atoms with van der Waals surface area (Å²) in [6.07, 6.45) is 2.01. The van der Waals surface area contributed by atoms with Crippen molar-refractivity contribution < 1.29 is 4.79 Å². The van der Waals surface area contributed by atoms with Crippen molar-refractivity contribution in [2.24, 2.45) is 11.8 Å². The number of nitrogens with two attached hydrogens (primary N) is 1. The Morgan fingerprint density at radius 3 is 2.16 bits per heavy atom. The topological polar surface area (TPSA) is 75.0 Å². The van der Waals surface area contributed by atoms with E-state index in [-0.39, 0.29) is 5.91 Å². The fraction of sp³-hybridized carbons (Fsp3) is 0.714. The highest BCUT2D eigenvalue weighted by atomic mass is 16.2. The Morgan fingerprint density at radius 1 is 1.26 bits per heavy atom. The lowest BCUT2D eigenvalue weighted by molar-refractivity contribution is 0.0735. The molecule has 0 spiro atoms. The van der Waals surface area contributed by atoms with Gasteiger partial charge in [-0.05, 0) is 24.7 Å². The summed E-state index contributed by atoms with van der Waals surface area (Å²) < 4.78 is 0. The Kier molecular flexibility index (Phi) is 5.86. The molecule has 1 aromatic rings. The molecule has 0 saturated heterocycles. The van der Waals surface area contributed by atoms with E-state index < -0.39 is 0 Å². The number of hydrogen-bond acceptors (Lipinski definition) is 3. The summed E-state index contributed by atoms with van der Waals surface area (Å²) in [5, 5.41) is 6.51. The van der Waals surface area contributed by atoms with Crippen LogP contribution in [0.3, 0.4) is 0 Å². The second kappa shape index (κ2) is 7.16. The van der Waals surface area contributed by atoms with Crippen LogP contribution in [0.1, 0.15) is 51.0 Å². The first-order valence-electron chi connectivity index (χ1n) is 7.00. The molecule has 1 heterocycles. The van der Waals surface area contributed by atoms with E-state index in [0.29, 0.717) is 23.3 Å². The van der Waals surface area contributed by atoms with Crippen LogP contribution in [0.5, 0.6) is 0 Å². The zero-order chi connectivity index (χ0) is 14.4. The summed E-state index contributed by atoms with van der Waals surface area (Å²) in [7, 11) is 0. The van der Waals surface area contributed by atoms with Gasteiger partial charge < -0.3 is 10.6 Å². The molecule has 0 unspecified atom stereocenters. The number of carbonyl (C=O) groups excluding carboxylic acids is 1. The standard InChI is InChI=1S/C14H26N4O/c1-10(2)5-7-18(8-6-11(3)4)14(19)12-9-13(15)17-16-12/h9-11H,5-8H2,1-4H3,(H3,15,16,17). The van der Waals surface area contributed by atoms with E-state index in [1.54, 1.807) is 6.07 Å². The quantitative estimate of drug-likeness (QED) is 0.796. The maximum atomic E-state index is 12.4. The van der Waals surface area contributed by atoms with E-state index in [9.17, 15) is 4.79 Å². The molecule has 3 N–H and O–H groups in total. The van der Waals surface area contributed by atoms with Gasteiger partial charge in [0.15, 0.2) is 0 Å². The minimum atomic E-state index is -0.00880. The zero-order valence-corrected chi connectivity index (χ0v) is 12.4. The number of anilines is 1. The Labute approximate surface area is 115 Å². The van der Waals surface area contributed by atoms with Gasteiger partial charge in [0.05, 0.1) is 0 Å². The molecule has 0 atom stereocenters. The third kappa shape index (κ3) is 5.32. The summed E-state index contributed by atoms with van der Waals surface area (Å²) in [6, 6.07) is 1.60. The van der Waals surface area contributed by atoms with Crippen LogP contribution in [0.4, 0.5) is 5.82 Å². The molecule has 0 radical (unpaired) electrons. The highest BCUT2D eigenvalue weighted by Gasteiger charge is 2.18.